The van der Waals surface area contributed by atoms with Crippen LogP contribution in [0.4, 0.5) is 14.6 Å². The van der Waals surface area contributed by atoms with E-state index in [4.69, 9.17) is 14.7 Å². The van der Waals surface area contributed by atoms with E-state index in [2.05, 4.69) is 26.9 Å². The van der Waals surface area contributed by atoms with E-state index in [-0.39, 0.29) is 6.04 Å². The molecule has 6 rings (SSSR count). The average Bonchev–Trinajstić information content (AvgIpc) is 3.57. The summed E-state index contributed by atoms with van der Waals surface area (Å²) in [5, 5.41) is 6.66. The maximum atomic E-state index is 13.1. The van der Waals surface area contributed by atoms with Gasteiger partial charge >= 0.3 is 6.55 Å². The van der Waals surface area contributed by atoms with Gasteiger partial charge in [0.05, 0.1) is 35.7 Å². The van der Waals surface area contributed by atoms with Crippen LogP contribution in [0.2, 0.25) is 0 Å². The summed E-state index contributed by atoms with van der Waals surface area (Å²) in [4.78, 5) is 19.6. The molecule has 1 unspecified atom stereocenters. The molecule has 33 heavy (non-hydrogen) atoms. The van der Waals surface area contributed by atoms with Crippen molar-refractivity contribution in [2.45, 2.75) is 19.5 Å². The van der Waals surface area contributed by atoms with E-state index in [9.17, 15) is 8.78 Å². The molecule has 1 N–H and O–H groups in total. The standard InChI is InChI=1S/C22H19F2N7OS/c1-12-10-32-7-6-30(12)21-18-17(16(11-33-18)13-8-27-31(9-13)22(23)24)28-20(29-21)15-3-5-26-19-14(15)2-4-25-19/h2-5,8-9,11-12,22H,6-7,10H2,1H3,(H,25,26). The minimum Gasteiger partial charge on any atom is -0.377 e. The van der Waals surface area contributed by atoms with Gasteiger partial charge in [-0.3, -0.25) is 0 Å². The molecule has 0 bridgehead atoms. The Morgan fingerprint density at radius 1 is 1.24 bits per heavy atom. The summed E-state index contributed by atoms with van der Waals surface area (Å²) in [5.74, 6) is 1.38. The molecule has 0 amide bonds. The van der Waals surface area contributed by atoms with Crippen LogP contribution in [0.5, 0.6) is 0 Å². The number of aromatic nitrogens is 6. The van der Waals surface area contributed by atoms with Crippen LogP contribution in [-0.4, -0.2) is 55.5 Å². The van der Waals surface area contributed by atoms with Crippen LogP contribution < -0.4 is 4.90 Å². The lowest BCUT2D eigenvalue weighted by molar-refractivity contribution is 0.0566. The number of halogens is 2. The van der Waals surface area contributed by atoms with Gasteiger partial charge in [0.2, 0.25) is 0 Å². The Kier molecular flexibility index (Phi) is 4.80. The Morgan fingerprint density at radius 3 is 2.97 bits per heavy atom. The number of anilines is 1. The highest BCUT2D eigenvalue weighted by molar-refractivity contribution is 7.18. The number of pyridine rings is 1. The fraction of sp³-hybridized carbons (Fsp3) is 0.273. The molecule has 1 atom stereocenters. The monoisotopic (exact) mass is 467 g/mol. The number of morpholine rings is 1. The Bertz CT molecular complexity index is 1460. The van der Waals surface area contributed by atoms with Crippen LogP contribution in [0.1, 0.15) is 13.5 Å². The smallest absolute Gasteiger partial charge is 0.333 e. The third-order valence-electron chi connectivity index (χ3n) is 5.85. The first-order chi connectivity index (χ1) is 16.1. The van der Waals surface area contributed by atoms with Gasteiger partial charge < -0.3 is 14.6 Å². The first kappa shape index (κ1) is 20.2. The van der Waals surface area contributed by atoms with Crippen LogP contribution in [0.15, 0.2) is 42.3 Å². The van der Waals surface area contributed by atoms with E-state index in [1.165, 1.54) is 23.7 Å². The Labute approximate surface area is 190 Å². The highest BCUT2D eigenvalue weighted by Crippen LogP contribution is 2.40. The number of nitrogens with zero attached hydrogens (tertiary/aromatic N) is 6. The number of rotatable bonds is 4. The average molecular weight is 468 g/mol. The number of hydrogen-bond donors (Lipinski definition) is 1. The summed E-state index contributed by atoms with van der Waals surface area (Å²) in [6.07, 6.45) is 6.35. The first-order valence-electron chi connectivity index (χ1n) is 10.5. The van der Waals surface area contributed by atoms with Gasteiger partial charge in [-0.1, -0.05) is 0 Å². The maximum Gasteiger partial charge on any atom is 0.333 e. The summed E-state index contributed by atoms with van der Waals surface area (Å²) in [6, 6.07) is 3.98. The second kappa shape index (κ2) is 7.85. The van der Waals surface area contributed by atoms with Crippen molar-refractivity contribution in [3.63, 3.8) is 0 Å². The van der Waals surface area contributed by atoms with Crippen molar-refractivity contribution in [1.29, 1.82) is 0 Å². The molecule has 0 spiro atoms. The second-order valence-electron chi connectivity index (χ2n) is 7.90. The molecule has 1 saturated heterocycles. The summed E-state index contributed by atoms with van der Waals surface area (Å²) in [7, 11) is 0. The zero-order valence-electron chi connectivity index (χ0n) is 17.6. The molecule has 1 aliphatic heterocycles. The van der Waals surface area contributed by atoms with Crippen LogP contribution in [0, 0.1) is 0 Å². The van der Waals surface area contributed by atoms with Crippen molar-refractivity contribution in [2.75, 3.05) is 24.7 Å². The largest absolute Gasteiger partial charge is 0.377 e. The topological polar surface area (TPSA) is 84.8 Å². The highest BCUT2D eigenvalue weighted by atomic mass is 32.1. The molecule has 5 aromatic rings. The fourth-order valence-electron chi connectivity index (χ4n) is 4.20. The summed E-state index contributed by atoms with van der Waals surface area (Å²) >= 11 is 1.51. The molecule has 0 aromatic carbocycles. The lowest BCUT2D eigenvalue weighted by atomic mass is 10.1. The Balaban J connectivity index is 1.60. The van der Waals surface area contributed by atoms with Crippen molar-refractivity contribution in [3.8, 4) is 22.5 Å². The second-order valence-corrected chi connectivity index (χ2v) is 8.78. The number of alkyl halides is 2. The third-order valence-corrected chi connectivity index (χ3v) is 6.82. The molecule has 1 aliphatic rings. The predicted octanol–water partition coefficient (Wildman–Crippen LogP) is 4.72. The van der Waals surface area contributed by atoms with E-state index in [0.29, 0.717) is 41.3 Å². The Morgan fingerprint density at radius 2 is 2.15 bits per heavy atom. The lowest BCUT2D eigenvalue weighted by Crippen LogP contribution is -2.44. The normalized spacial score (nSPS) is 17.0. The summed E-state index contributed by atoms with van der Waals surface area (Å²) in [5.41, 5.74) is 3.67. The highest BCUT2D eigenvalue weighted by Gasteiger charge is 2.26. The molecule has 0 radical (unpaired) electrons. The van der Waals surface area contributed by atoms with E-state index >= 15 is 0 Å². The summed E-state index contributed by atoms with van der Waals surface area (Å²) in [6.45, 7) is 1.33. The van der Waals surface area contributed by atoms with Gasteiger partial charge in [-0.05, 0) is 19.1 Å². The molecule has 6 heterocycles. The molecule has 11 heteroatoms. The van der Waals surface area contributed by atoms with Gasteiger partial charge in [0.25, 0.3) is 0 Å². The fourth-order valence-corrected chi connectivity index (χ4v) is 5.22. The number of nitrogens with one attached hydrogen (secondary N) is 1. The molecule has 0 saturated carbocycles. The molecule has 5 aromatic heterocycles. The van der Waals surface area contributed by atoms with Crippen molar-refractivity contribution in [1.82, 2.24) is 29.7 Å². The third kappa shape index (κ3) is 3.35. The van der Waals surface area contributed by atoms with Crippen LogP contribution in [-0.2, 0) is 4.74 Å². The van der Waals surface area contributed by atoms with Gasteiger partial charge in [0.1, 0.15) is 5.65 Å². The van der Waals surface area contributed by atoms with Crippen LogP contribution in [0.3, 0.4) is 0 Å². The number of hydrogen-bond acceptors (Lipinski definition) is 7. The van der Waals surface area contributed by atoms with Crippen molar-refractivity contribution in [2.24, 2.45) is 0 Å². The summed E-state index contributed by atoms with van der Waals surface area (Å²) < 4.78 is 33.5. The minimum absolute atomic E-state index is 0.140. The van der Waals surface area contributed by atoms with E-state index in [1.54, 1.807) is 6.20 Å². The van der Waals surface area contributed by atoms with E-state index in [1.807, 2.05) is 23.7 Å². The molecule has 0 aliphatic carbocycles. The molecular formula is C22H19F2N7OS. The van der Waals surface area contributed by atoms with Gasteiger partial charge in [0.15, 0.2) is 11.6 Å². The zero-order chi connectivity index (χ0) is 22.5. The van der Waals surface area contributed by atoms with Gasteiger partial charge in [0, 0.05) is 52.6 Å². The van der Waals surface area contributed by atoms with E-state index in [0.717, 1.165) is 32.7 Å². The van der Waals surface area contributed by atoms with E-state index < -0.39 is 6.55 Å². The van der Waals surface area contributed by atoms with Gasteiger partial charge in [-0.15, -0.1) is 11.3 Å². The minimum atomic E-state index is -2.70. The quantitative estimate of drug-likeness (QED) is 0.412. The number of ether oxygens (including phenoxy) is 1. The number of thiophene rings is 1. The van der Waals surface area contributed by atoms with Crippen molar-refractivity contribution < 1.29 is 13.5 Å². The van der Waals surface area contributed by atoms with Crippen molar-refractivity contribution >= 4 is 38.4 Å². The van der Waals surface area contributed by atoms with Gasteiger partial charge in [-0.25, -0.2) is 19.6 Å². The van der Waals surface area contributed by atoms with Crippen LogP contribution in [0.25, 0.3) is 43.8 Å². The molecular weight excluding hydrogens is 448 g/mol. The molecule has 1 fully saturated rings. The SMILES string of the molecule is CC1COCCN1c1nc(-c2ccnc3[nH]ccc23)nc2c(-c3cnn(C(F)F)c3)csc12. The first-order valence-corrected chi connectivity index (χ1v) is 11.4. The zero-order valence-corrected chi connectivity index (χ0v) is 18.4. The number of aromatic amines is 1. The molecule has 168 valence electrons. The van der Waals surface area contributed by atoms with Crippen LogP contribution >= 0.6 is 11.3 Å². The maximum absolute atomic E-state index is 13.1. The van der Waals surface area contributed by atoms with Gasteiger partial charge in [-0.2, -0.15) is 13.9 Å². The number of H-pyrrole nitrogens is 1. The number of fused-ring (bicyclic) bond motifs is 2. The predicted molar refractivity (Wildman–Crippen MR) is 123 cm³/mol. The lowest BCUT2D eigenvalue weighted by Gasteiger charge is -2.34. The Hall–Kier alpha value is -3.44. The molecule has 8 nitrogen and oxygen atoms in total. The van der Waals surface area contributed by atoms with Crippen molar-refractivity contribution in [3.05, 3.63) is 42.3 Å².